The lowest BCUT2D eigenvalue weighted by atomic mass is 9.86. The van der Waals surface area contributed by atoms with Gasteiger partial charge in [0.25, 0.3) is 0 Å². The van der Waals surface area contributed by atoms with E-state index in [4.69, 9.17) is 15.2 Å². The minimum atomic E-state index is -0.673. The Morgan fingerprint density at radius 3 is 2.38 bits per heavy atom. The van der Waals surface area contributed by atoms with Crippen LogP contribution in [0, 0.1) is 11.3 Å². The van der Waals surface area contributed by atoms with Gasteiger partial charge in [-0.25, -0.2) is 0 Å². The van der Waals surface area contributed by atoms with Crippen molar-refractivity contribution < 1.29 is 14.3 Å². The Balaban J connectivity index is 2.52. The molecule has 0 aromatic heterocycles. The Morgan fingerprint density at radius 2 is 2.00 bits per heavy atom. The Kier molecular flexibility index (Phi) is 4.33. The van der Waals surface area contributed by atoms with Crippen molar-refractivity contribution in [2.45, 2.75) is 45.8 Å². The van der Waals surface area contributed by atoms with E-state index in [-0.39, 0.29) is 24.1 Å². The molecule has 4 nitrogen and oxygen atoms in total. The van der Waals surface area contributed by atoms with Gasteiger partial charge >= 0.3 is 5.97 Å². The summed E-state index contributed by atoms with van der Waals surface area (Å²) in [4.78, 5) is 11.7. The highest BCUT2D eigenvalue weighted by molar-refractivity contribution is 5.75. The van der Waals surface area contributed by atoms with Gasteiger partial charge in [0.2, 0.25) is 0 Å². The van der Waals surface area contributed by atoms with Crippen LogP contribution < -0.4 is 5.73 Å². The molecule has 0 heterocycles. The Bertz CT molecular complexity index is 243. The first-order valence-electron chi connectivity index (χ1n) is 5.81. The van der Waals surface area contributed by atoms with E-state index in [0.717, 1.165) is 12.8 Å². The van der Waals surface area contributed by atoms with Crippen LogP contribution in [0.1, 0.15) is 33.6 Å². The molecular formula is C12H23NO3. The molecule has 94 valence electrons. The highest BCUT2D eigenvalue weighted by Gasteiger charge is 2.42. The second-order valence-corrected chi connectivity index (χ2v) is 5.62. The zero-order valence-electron chi connectivity index (χ0n) is 10.7. The van der Waals surface area contributed by atoms with Crippen molar-refractivity contribution in [1.82, 2.24) is 0 Å². The van der Waals surface area contributed by atoms with E-state index in [1.165, 1.54) is 7.11 Å². The lowest BCUT2D eigenvalue weighted by Crippen LogP contribution is -2.42. The maximum absolute atomic E-state index is 11.7. The number of carbonyl (C=O) groups excluding carboxylic acids is 1. The highest BCUT2D eigenvalue weighted by atomic mass is 16.5. The third-order valence-corrected chi connectivity index (χ3v) is 2.80. The first kappa shape index (κ1) is 13.5. The number of nitrogens with two attached hydrogens (primary N) is 1. The lowest BCUT2D eigenvalue weighted by Gasteiger charge is -2.31. The minimum Gasteiger partial charge on any atom is -0.460 e. The van der Waals surface area contributed by atoms with E-state index in [1.54, 1.807) is 0 Å². The second-order valence-electron chi connectivity index (χ2n) is 5.62. The van der Waals surface area contributed by atoms with E-state index >= 15 is 0 Å². The average Bonchev–Trinajstić information content (AvgIpc) is 2.95. The standard InChI is InChI=1S/C12H23NO3/c1-12(2,3)10(8-5-6-8)16-11(14)9(13)7-15-4/h8-10H,5-7,13H2,1-4H3/t9-,10?/m0/s1. The average molecular weight is 229 g/mol. The molecule has 0 amide bonds. The van der Waals surface area contributed by atoms with Gasteiger partial charge in [0, 0.05) is 7.11 Å². The quantitative estimate of drug-likeness (QED) is 0.722. The van der Waals surface area contributed by atoms with Crippen molar-refractivity contribution in [3.8, 4) is 0 Å². The zero-order valence-corrected chi connectivity index (χ0v) is 10.7. The van der Waals surface area contributed by atoms with Gasteiger partial charge in [0.05, 0.1) is 6.61 Å². The predicted molar refractivity (Wildman–Crippen MR) is 61.9 cm³/mol. The van der Waals surface area contributed by atoms with Crippen LogP contribution >= 0.6 is 0 Å². The van der Waals surface area contributed by atoms with Crippen molar-refractivity contribution in [3.05, 3.63) is 0 Å². The predicted octanol–water partition coefficient (Wildman–Crippen LogP) is 1.33. The molecule has 0 spiro atoms. The SMILES string of the molecule is COC[C@H](N)C(=O)OC(C1CC1)C(C)(C)C. The summed E-state index contributed by atoms with van der Waals surface area (Å²) in [6, 6.07) is -0.673. The molecule has 4 heteroatoms. The van der Waals surface area contributed by atoms with E-state index in [2.05, 4.69) is 20.8 Å². The maximum atomic E-state index is 11.7. The molecule has 1 aliphatic carbocycles. The van der Waals surface area contributed by atoms with Crippen molar-refractivity contribution >= 4 is 5.97 Å². The van der Waals surface area contributed by atoms with Crippen LogP contribution in [0.5, 0.6) is 0 Å². The molecule has 1 saturated carbocycles. The summed E-state index contributed by atoms with van der Waals surface area (Å²) in [5, 5.41) is 0. The monoisotopic (exact) mass is 229 g/mol. The molecular weight excluding hydrogens is 206 g/mol. The summed E-state index contributed by atoms with van der Waals surface area (Å²) < 4.78 is 10.4. The Labute approximate surface area is 97.5 Å². The topological polar surface area (TPSA) is 61.5 Å². The Hall–Kier alpha value is -0.610. The minimum absolute atomic E-state index is 0.0242. The number of ether oxygens (including phenoxy) is 2. The van der Waals surface area contributed by atoms with Crippen molar-refractivity contribution in [1.29, 1.82) is 0 Å². The van der Waals surface area contributed by atoms with Crippen LogP contribution in [0.3, 0.4) is 0 Å². The lowest BCUT2D eigenvalue weighted by molar-refractivity contribution is -0.159. The molecule has 0 aromatic rings. The molecule has 1 rings (SSSR count). The summed E-state index contributed by atoms with van der Waals surface area (Å²) in [5.41, 5.74) is 5.62. The van der Waals surface area contributed by atoms with E-state index in [1.807, 2.05) is 0 Å². The summed E-state index contributed by atoms with van der Waals surface area (Å²) in [6.45, 7) is 6.47. The van der Waals surface area contributed by atoms with Crippen molar-refractivity contribution in [2.24, 2.45) is 17.1 Å². The molecule has 0 radical (unpaired) electrons. The van der Waals surface area contributed by atoms with Crippen LogP contribution in [0.25, 0.3) is 0 Å². The molecule has 1 aliphatic rings. The molecule has 0 saturated heterocycles. The third-order valence-electron chi connectivity index (χ3n) is 2.80. The summed E-state index contributed by atoms with van der Waals surface area (Å²) in [7, 11) is 1.52. The number of hydrogen-bond donors (Lipinski definition) is 1. The fourth-order valence-corrected chi connectivity index (χ4v) is 1.84. The maximum Gasteiger partial charge on any atom is 0.325 e. The van der Waals surface area contributed by atoms with Gasteiger partial charge in [-0.1, -0.05) is 20.8 Å². The number of esters is 1. The Morgan fingerprint density at radius 1 is 1.44 bits per heavy atom. The molecule has 0 bridgehead atoms. The zero-order chi connectivity index (χ0) is 12.3. The van der Waals surface area contributed by atoms with E-state index < -0.39 is 6.04 Å². The van der Waals surface area contributed by atoms with Gasteiger partial charge in [-0.15, -0.1) is 0 Å². The van der Waals surface area contributed by atoms with Crippen LogP contribution in [0.4, 0.5) is 0 Å². The number of rotatable bonds is 5. The van der Waals surface area contributed by atoms with Gasteiger partial charge in [-0.05, 0) is 24.2 Å². The van der Waals surface area contributed by atoms with Gasteiger partial charge < -0.3 is 15.2 Å². The van der Waals surface area contributed by atoms with Gasteiger partial charge in [-0.3, -0.25) is 4.79 Å². The third kappa shape index (κ3) is 3.76. The largest absolute Gasteiger partial charge is 0.460 e. The van der Waals surface area contributed by atoms with E-state index in [0.29, 0.717) is 5.92 Å². The fraction of sp³-hybridized carbons (Fsp3) is 0.917. The molecule has 0 aliphatic heterocycles. The van der Waals surface area contributed by atoms with Crippen LogP contribution in [-0.4, -0.2) is 31.8 Å². The van der Waals surface area contributed by atoms with Crippen LogP contribution in [0.2, 0.25) is 0 Å². The normalized spacial score (nSPS) is 20.3. The fourth-order valence-electron chi connectivity index (χ4n) is 1.84. The number of hydrogen-bond acceptors (Lipinski definition) is 4. The molecule has 1 fully saturated rings. The summed E-state index contributed by atoms with van der Waals surface area (Å²) in [5.74, 6) is 0.160. The first-order chi connectivity index (χ1) is 7.36. The van der Waals surface area contributed by atoms with Gasteiger partial charge in [-0.2, -0.15) is 0 Å². The van der Waals surface area contributed by atoms with E-state index in [9.17, 15) is 4.79 Å². The van der Waals surface area contributed by atoms with Gasteiger partial charge in [0.1, 0.15) is 12.1 Å². The molecule has 0 aromatic carbocycles. The van der Waals surface area contributed by atoms with Crippen LogP contribution in [-0.2, 0) is 14.3 Å². The molecule has 2 N–H and O–H groups in total. The molecule has 16 heavy (non-hydrogen) atoms. The van der Waals surface area contributed by atoms with Crippen LogP contribution in [0.15, 0.2) is 0 Å². The first-order valence-corrected chi connectivity index (χ1v) is 5.81. The smallest absolute Gasteiger partial charge is 0.325 e. The molecule has 1 unspecified atom stereocenters. The summed E-state index contributed by atoms with van der Waals surface area (Å²) >= 11 is 0. The number of carbonyl (C=O) groups is 1. The van der Waals surface area contributed by atoms with Crippen molar-refractivity contribution in [3.63, 3.8) is 0 Å². The summed E-state index contributed by atoms with van der Waals surface area (Å²) in [6.07, 6.45) is 2.27. The number of methoxy groups -OCH3 is 1. The van der Waals surface area contributed by atoms with Gasteiger partial charge in [0.15, 0.2) is 0 Å². The van der Waals surface area contributed by atoms with Crippen molar-refractivity contribution in [2.75, 3.05) is 13.7 Å². The molecule has 2 atom stereocenters. The second kappa shape index (κ2) is 5.15. The highest BCUT2D eigenvalue weighted by Crippen LogP contribution is 2.42.